The van der Waals surface area contributed by atoms with Crippen molar-refractivity contribution in [3.05, 3.63) is 29.0 Å². The molecule has 0 saturated carbocycles. The Morgan fingerprint density at radius 2 is 2.16 bits per heavy atom. The average Bonchev–Trinajstić information content (AvgIpc) is 2.77. The van der Waals surface area contributed by atoms with Crippen molar-refractivity contribution in [2.24, 2.45) is 0 Å². The van der Waals surface area contributed by atoms with E-state index >= 15 is 0 Å². The SMILES string of the molecule is CN([C@@H]1CNC[C@H]1O)S(=O)(=O)c1cccc(Cl)c1F. The largest absolute Gasteiger partial charge is 0.390 e. The number of benzene rings is 1. The minimum absolute atomic E-state index is 0.250. The Balaban J connectivity index is 2.39. The van der Waals surface area contributed by atoms with Gasteiger partial charge in [-0.2, -0.15) is 4.31 Å². The third kappa shape index (κ3) is 2.61. The molecule has 5 nitrogen and oxygen atoms in total. The summed E-state index contributed by atoms with van der Waals surface area (Å²) in [6.07, 6.45) is -0.818. The standard InChI is InChI=1S/C11H14ClFN2O3S/c1-15(8-5-14-6-9(8)16)19(17,18)10-4-2-3-7(12)11(10)13/h2-4,8-9,14,16H,5-6H2,1H3/t8-,9-/m1/s1. The molecular weight excluding hydrogens is 295 g/mol. The number of halogens is 2. The number of hydrogen-bond donors (Lipinski definition) is 2. The van der Waals surface area contributed by atoms with Crippen LogP contribution >= 0.6 is 11.6 Å². The molecule has 1 heterocycles. The van der Waals surface area contributed by atoms with Gasteiger partial charge in [-0.05, 0) is 12.1 Å². The number of sulfonamides is 1. The highest BCUT2D eigenvalue weighted by Gasteiger charge is 2.37. The molecule has 1 fully saturated rings. The molecule has 0 spiro atoms. The zero-order valence-electron chi connectivity index (χ0n) is 10.2. The smallest absolute Gasteiger partial charge is 0.246 e. The second-order valence-corrected chi connectivity index (χ2v) is 6.74. The van der Waals surface area contributed by atoms with Crippen LogP contribution in [0.25, 0.3) is 0 Å². The lowest BCUT2D eigenvalue weighted by Crippen LogP contribution is -2.44. The maximum atomic E-state index is 13.8. The molecule has 1 aliphatic rings. The van der Waals surface area contributed by atoms with Crippen molar-refractivity contribution in [3.8, 4) is 0 Å². The summed E-state index contributed by atoms with van der Waals surface area (Å²) in [6, 6.07) is 3.18. The summed E-state index contributed by atoms with van der Waals surface area (Å²) in [4.78, 5) is -0.485. The van der Waals surface area contributed by atoms with Gasteiger partial charge in [-0.3, -0.25) is 0 Å². The van der Waals surface area contributed by atoms with E-state index in [0.717, 1.165) is 10.4 Å². The maximum Gasteiger partial charge on any atom is 0.246 e. The van der Waals surface area contributed by atoms with Crippen LogP contribution in [0.4, 0.5) is 4.39 Å². The summed E-state index contributed by atoms with van der Waals surface area (Å²) in [5, 5.41) is 12.3. The molecule has 0 aromatic heterocycles. The van der Waals surface area contributed by atoms with Gasteiger partial charge in [0.15, 0.2) is 5.82 Å². The first-order valence-corrected chi connectivity index (χ1v) is 7.48. The Morgan fingerprint density at radius 3 is 2.74 bits per heavy atom. The Bertz CT molecular complexity index is 581. The van der Waals surface area contributed by atoms with Gasteiger partial charge in [0, 0.05) is 20.1 Å². The predicted octanol–water partition coefficient (Wildman–Crippen LogP) is 0.432. The quantitative estimate of drug-likeness (QED) is 0.850. The molecule has 1 aliphatic heterocycles. The minimum Gasteiger partial charge on any atom is -0.390 e. The average molecular weight is 309 g/mol. The van der Waals surface area contributed by atoms with Crippen LogP contribution in [0.1, 0.15) is 0 Å². The number of β-amino-alcohol motifs (C(OH)–C–C–N with tert-alkyl or cyclic N) is 1. The van der Waals surface area contributed by atoms with E-state index in [9.17, 15) is 17.9 Å². The van der Waals surface area contributed by atoms with Gasteiger partial charge in [-0.1, -0.05) is 17.7 Å². The summed E-state index contributed by atoms with van der Waals surface area (Å²) in [5.41, 5.74) is 0. The molecule has 2 atom stereocenters. The van der Waals surface area contributed by atoms with Gasteiger partial charge in [0.1, 0.15) is 4.90 Å². The summed E-state index contributed by atoms with van der Waals surface area (Å²) < 4.78 is 39.5. The van der Waals surface area contributed by atoms with Crippen LogP contribution in [0.2, 0.25) is 5.02 Å². The van der Waals surface area contributed by atoms with Crippen LogP contribution in [-0.2, 0) is 10.0 Å². The second-order valence-electron chi connectivity index (χ2n) is 4.37. The van der Waals surface area contributed by atoms with Crippen LogP contribution in [0.3, 0.4) is 0 Å². The third-order valence-electron chi connectivity index (χ3n) is 3.19. The molecule has 2 rings (SSSR count). The summed E-state index contributed by atoms with van der Waals surface area (Å²) in [6.45, 7) is 0.627. The topological polar surface area (TPSA) is 69.6 Å². The highest BCUT2D eigenvalue weighted by molar-refractivity contribution is 7.89. The first-order chi connectivity index (χ1) is 8.85. The monoisotopic (exact) mass is 308 g/mol. The van der Waals surface area contributed by atoms with Crippen molar-refractivity contribution < 1.29 is 17.9 Å². The molecule has 1 aromatic rings. The highest BCUT2D eigenvalue weighted by atomic mass is 35.5. The van der Waals surface area contributed by atoms with E-state index in [0.29, 0.717) is 13.1 Å². The van der Waals surface area contributed by atoms with Gasteiger partial charge in [0.05, 0.1) is 17.2 Å². The fourth-order valence-electron chi connectivity index (χ4n) is 2.04. The van der Waals surface area contributed by atoms with Gasteiger partial charge in [-0.15, -0.1) is 0 Å². The predicted molar refractivity (Wildman–Crippen MR) is 69.0 cm³/mol. The van der Waals surface area contributed by atoms with E-state index in [4.69, 9.17) is 11.6 Å². The minimum atomic E-state index is -4.03. The highest BCUT2D eigenvalue weighted by Crippen LogP contribution is 2.26. The number of likely N-dealkylation sites (N-methyl/N-ethyl adjacent to an activating group) is 1. The van der Waals surface area contributed by atoms with E-state index < -0.39 is 32.9 Å². The Morgan fingerprint density at radius 1 is 1.47 bits per heavy atom. The third-order valence-corrected chi connectivity index (χ3v) is 5.38. The van der Waals surface area contributed by atoms with Crippen LogP contribution in [0.15, 0.2) is 23.1 Å². The van der Waals surface area contributed by atoms with Gasteiger partial charge < -0.3 is 10.4 Å². The molecule has 0 bridgehead atoms. The number of aliphatic hydroxyl groups is 1. The number of hydrogen-bond acceptors (Lipinski definition) is 4. The van der Waals surface area contributed by atoms with Gasteiger partial charge >= 0.3 is 0 Å². The maximum absolute atomic E-state index is 13.8. The number of nitrogens with zero attached hydrogens (tertiary/aromatic N) is 1. The number of nitrogens with one attached hydrogen (secondary N) is 1. The molecule has 1 saturated heterocycles. The molecule has 8 heteroatoms. The summed E-state index contributed by atoms with van der Waals surface area (Å²) >= 11 is 5.59. The molecule has 0 aliphatic carbocycles. The fourth-order valence-corrected chi connectivity index (χ4v) is 3.74. The molecule has 0 amide bonds. The van der Waals surface area contributed by atoms with Crippen LogP contribution < -0.4 is 5.32 Å². The fraction of sp³-hybridized carbons (Fsp3) is 0.455. The van der Waals surface area contributed by atoms with E-state index in [2.05, 4.69) is 5.32 Å². The van der Waals surface area contributed by atoms with Gasteiger partial charge in [-0.25, -0.2) is 12.8 Å². The van der Waals surface area contributed by atoms with Crippen molar-refractivity contribution in [2.45, 2.75) is 17.0 Å². The summed E-state index contributed by atoms with van der Waals surface area (Å²) in [5.74, 6) is -0.975. The van der Waals surface area contributed by atoms with Crippen LogP contribution in [0.5, 0.6) is 0 Å². The second kappa shape index (κ2) is 5.34. The summed E-state index contributed by atoms with van der Waals surface area (Å²) in [7, 11) is -2.72. The molecule has 1 aromatic carbocycles. The van der Waals surface area contributed by atoms with E-state index in [1.165, 1.54) is 19.2 Å². The molecule has 0 unspecified atom stereocenters. The van der Waals surface area contributed by atoms with E-state index in [-0.39, 0.29) is 5.02 Å². The zero-order chi connectivity index (χ0) is 14.2. The molecule has 19 heavy (non-hydrogen) atoms. The Kier molecular flexibility index (Phi) is 4.12. The first kappa shape index (κ1) is 14.7. The van der Waals surface area contributed by atoms with E-state index in [1.54, 1.807) is 0 Å². The lowest BCUT2D eigenvalue weighted by atomic mass is 10.2. The van der Waals surface area contributed by atoms with Crippen LogP contribution in [-0.4, -0.2) is 50.1 Å². The van der Waals surface area contributed by atoms with Crippen molar-refractivity contribution in [3.63, 3.8) is 0 Å². The Hall–Kier alpha value is -0.730. The van der Waals surface area contributed by atoms with Crippen molar-refractivity contribution >= 4 is 21.6 Å². The van der Waals surface area contributed by atoms with Gasteiger partial charge in [0.25, 0.3) is 0 Å². The normalized spacial score (nSPS) is 24.1. The lowest BCUT2D eigenvalue weighted by molar-refractivity contribution is 0.136. The molecule has 2 N–H and O–H groups in total. The molecule has 0 radical (unpaired) electrons. The number of rotatable bonds is 3. The first-order valence-electron chi connectivity index (χ1n) is 5.66. The zero-order valence-corrected chi connectivity index (χ0v) is 11.7. The van der Waals surface area contributed by atoms with Crippen molar-refractivity contribution in [1.29, 1.82) is 0 Å². The molecule has 106 valence electrons. The lowest BCUT2D eigenvalue weighted by Gasteiger charge is -2.25. The van der Waals surface area contributed by atoms with Crippen molar-refractivity contribution in [2.75, 3.05) is 20.1 Å². The Labute approximate surface area is 116 Å². The van der Waals surface area contributed by atoms with Crippen LogP contribution in [0, 0.1) is 5.82 Å². The van der Waals surface area contributed by atoms with Crippen molar-refractivity contribution in [1.82, 2.24) is 9.62 Å². The van der Waals surface area contributed by atoms with E-state index in [1.807, 2.05) is 0 Å². The number of aliphatic hydroxyl groups excluding tert-OH is 1. The van der Waals surface area contributed by atoms with Gasteiger partial charge in [0.2, 0.25) is 10.0 Å². The molecular formula is C11H14ClFN2O3S.